The Kier molecular flexibility index (Phi) is 19.9. The lowest BCUT2D eigenvalue weighted by Gasteiger charge is -2.34. The van der Waals surface area contributed by atoms with E-state index in [0.29, 0.717) is 33.3 Å². The Balaban J connectivity index is 0.000000149. The van der Waals surface area contributed by atoms with Crippen molar-refractivity contribution in [2.45, 2.75) is 130 Å². The molecule has 0 unspecified atom stereocenters. The minimum Gasteiger partial charge on any atom is -0.201 e. The molecular weight excluding hydrogens is 1720 g/mol. The van der Waals surface area contributed by atoms with E-state index < -0.39 is 86.6 Å². The predicted octanol–water partition coefficient (Wildman–Crippen LogP) is 17.5. The molecule has 3 nitrogen and oxygen atoms in total. The summed E-state index contributed by atoms with van der Waals surface area (Å²) in [6.45, 7) is 3.14. The molecule has 0 saturated carbocycles. The molecule has 19 aromatic rings. The van der Waals surface area contributed by atoms with Gasteiger partial charge in [0.2, 0.25) is 57.4 Å². The molecule has 0 spiro atoms. The highest BCUT2D eigenvalue weighted by atomic mass is 14.9. The highest BCUT2D eigenvalue weighted by Gasteiger charge is 2.45. The number of aromatic nitrogens is 3. The van der Waals surface area contributed by atoms with Gasteiger partial charge >= 0.3 is 0 Å². The third-order valence-corrected chi connectivity index (χ3v) is 29.8. The summed E-state index contributed by atoms with van der Waals surface area (Å²) in [6.07, 6.45) is 2.97. The molecule has 143 heavy (non-hydrogen) atoms. The summed E-state index contributed by atoms with van der Waals surface area (Å²) < 4.78 is 201. The fourth-order valence-electron chi connectivity index (χ4n) is 22.9. The van der Waals surface area contributed by atoms with E-state index in [4.69, 9.17) is 28.8 Å². The van der Waals surface area contributed by atoms with E-state index in [0.717, 1.165) is 161 Å². The maximum Gasteiger partial charge on any atom is 0.240 e. The largest absolute Gasteiger partial charge is 0.240 e. The number of aryl methyl sites for hydroxylation is 18. The maximum absolute atomic E-state index is 9.18. The van der Waals surface area contributed by atoms with Crippen LogP contribution in [-0.4, -0.2) is 40.3 Å². The van der Waals surface area contributed by atoms with Crippen molar-refractivity contribution in [2.24, 2.45) is 26.6 Å². The lowest BCUT2D eigenvalue weighted by atomic mass is 9.20. The topological polar surface area (TPSA) is 11.6 Å². The molecule has 0 aliphatic carbocycles. The summed E-state index contributed by atoms with van der Waals surface area (Å²) in [6, 6.07) is 122. The van der Waals surface area contributed by atoms with Gasteiger partial charge in [-0.25, -0.2) is 13.7 Å². The number of fused-ring (bicyclic) bond motifs is 6. The van der Waals surface area contributed by atoms with Gasteiger partial charge in [0.05, 0.1) is 0 Å². The van der Waals surface area contributed by atoms with Gasteiger partial charge in [-0.05, 0) is 206 Å². The molecular formula is C134H128B6N3+3. The average molecular weight is 1870 g/mol. The van der Waals surface area contributed by atoms with Crippen LogP contribution in [0.5, 0.6) is 0 Å². The molecule has 9 heteroatoms. The summed E-state index contributed by atoms with van der Waals surface area (Å²) in [5.41, 5.74) is 39.3. The first-order valence-electron chi connectivity index (χ1n) is 60.9. The summed E-state index contributed by atoms with van der Waals surface area (Å²) >= 11 is 0. The quantitative estimate of drug-likeness (QED) is 0.0760. The van der Waals surface area contributed by atoms with Crippen LogP contribution in [0.3, 0.4) is 0 Å². The van der Waals surface area contributed by atoms with Gasteiger partial charge in [-0.15, -0.1) is 0 Å². The zero-order valence-corrected chi connectivity index (χ0v) is 83.7. The number of hydrogen-bond acceptors (Lipinski definition) is 0. The number of rotatable bonds is 14. The molecule has 3 aliphatic rings. The molecule has 0 amide bonds. The minimum atomic E-state index is -2.55. The van der Waals surface area contributed by atoms with Gasteiger partial charge in [-0.1, -0.05) is 491 Å². The number of hydrogen-bond donors (Lipinski definition) is 0. The molecule has 0 N–H and O–H groups in total. The van der Waals surface area contributed by atoms with Crippen molar-refractivity contribution >= 4 is 139 Å². The van der Waals surface area contributed by atoms with E-state index in [9.17, 15) is 2.74 Å². The number of pyridine rings is 3. The van der Waals surface area contributed by atoms with E-state index in [1.165, 1.54) is 44.5 Å². The summed E-state index contributed by atoms with van der Waals surface area (Å²) in [4.78, 5) is 0. The second kappa shape index (κ2) is 39.7. The van der Waals surface area contributed by atoms with Crippen LogP contribution in [0.15, 0.2) is 383 Å². The smallest absolute Gasteiger partial charge is 0.201 e. The highest BCUT2D eigenvalue weighted by molar-refractivity contribution is 7.13. The summed E-state index contributed by atoms with van der Waals surface area (Å²) in [7, 11) is 5.56. The average Bonchev–Trinajstić information content (AvgIpc) is 0.681. The summed E-state index contributed by atoms with van der Waals surface area (Å²) in [5.74, 6) is 0. The second-order valence-electron chi connectivity index (χ2n) is 40.4. The second-order valence-corrected chi connectivity index (χ2v) is 40.4. The molecule has 694 valence electrons. The zero-order chi connectivity index (χ0) is 119. The molecule has 0 saturated heterocycles. The van der Waals surface area contributed by atoms with Gasteiger partial charge in [0.1, 0.15) is 21.1 Å². The van der Waals surface area contributed by atoms with Crippen LogP contribution in [0.1, 0.15) is 141 Å². The van der Waals surface area contributed by atoms with E-state index >= 15 is 0 Å². The number of benzene rings is 16. The predicted molar refractivity (Wildman–Crippen MR) is 621 cm³/mol. The van der Waals surface area contributed by atoms with Crippen LogP contribution in [0, 0.1) is 109 Å². The van der Waals surface area contributed by atoms with Crippen LogP contribution in [0.4, 0.5) is 0 Å². The highest BCUT2D eigenvalue weighted by Crippen LogP contribution is 2.36. The SMILES string of the molecule is [2H]C([2H])([2H])c1c[n+](C)c(-c2cc(-c3ccc4c(c3)B(c3c(C)cccc3C([2H])([2H])[2H])c3ccccc3B4c3c(C)cccc3C([2H])([2H])[2H])ccc2C)cc1-c1ccc(C)cc1.[2H]C([2H])([2H])c1c[n+](C)c(-c2cc(-c3ccc4c(c3)B(c3c(C)cccc3C([2H])([2H])[2H])c3ccccc3B4c3c(C)cccc3C([2H])([2H])[2H])ccc2C)cc1C([2H])([2H])C(C)(C)C.[2H]C([2H])([2H])c1ccc(-c2ccc(-c3ccc4c(c3)B(c3ccccc3)c3ccccc3B4c3ccccc3)cc2C)[n+](C)c1. The Morgan fingerprint density at radius 3 is 0.944 bits per heavy atom. The molecule has 3 aliphatic heterocycles. The molecule has 22 rings (SSSR count). The van der Waals surface area contributed by atoms with Crippen molar-refractivity contribution < 1.29 is 45.2 Å². The Bertz CT molecular complexity index is 9170. The van der Waals surface area contributed by atoms with Crippen LogP contribution < -0.4 is 112 Å². The fourth-order valence-corrected chi connectivity index (χ4v) is 22.9. The molecule has 0 atom stereocenters. The van der Waals surface area contributed by atoms with E-state index in [-0.39, 0.29) is 46.8 Å². The first-order valence-corrected chi connectivity index (χ1v) is 49.4. The van der Waals surface area contributed by atoms with E-state index in [2.05, 4.69) is 189 Å². The lowest BCUT2D eigenvalue weighted by Crippen LogP contribution is -2.75. The fraction of sp³-hybridized carbons (Fsp3) is 0.172. The third-order valence-electron chi connectivity index (χ3n) is 29.8. The van der Waals surface area contributed by atoms with Crippen LogP contribution in [0.2, 0.25) is 0 Å². The van der Waals surface area contributed by atoms with Gasteiger partial charge in [-0.2, -0.15) is 0 Å². The van der Waals surface area contributed by atoms with E-state index in [1.807, 2.05) is 193 Å². The van der Waals surface area contributed by atoms with Gasteiger partial charge < -0.3 is 0 Å². The van der Waals surface area contributed by atoms with Crippen molar-refractivity contribution in [3.8, 4) is 78.3 Å². The zero-order valence-electron chi connectivity index (χ0n) is 107. The molecule has 0 fully saturated rings. The monoisotopic (exact) mass is 1870 g/mol. The van der Waals surface area contributed by atoms with E-state index in [1.54, 1.807) is 105 Å². The molecule has 16 aromatic carbocycles. The lowest BCUT2D eigenvalue weighted by molar-refractivity contribution is -0.660. The minimum absolute atomic E-state index is 0.0361. The first kappa shape index (κ1) is 71.7. The molecule has 0 radical (unpaired) electrons. The molecule has 6 heterocycles. The normalized spacial score (nSPS) is 15.4. The Morgan fingerprint density at radius 2 is 0.538 bits per heavy atom. The van der Waals surface area contributed by atoms with Crippen LogP contribution >= 0.6 is 0 Å². The maximum atomic E-state index is 9.18. The van der Waals surface area contributed by atoms with Crippen molar-refractivity contribution in [2.75, 3.05) is 0 Å². The molecule has 3 aromatic heterocycles. The van der Waals surface area contributed by atoms with Gasteiger partial charge in [-0.3, -0.25) is 0 Å². The van der Waals surface area contributed by atoms with Crippen LogP contribution in [-0.2, 0) is 27.5 Å². The Morgan fingerprint density at radius 1 is 0.217 bits per heavy atom. The standard InChI is InChI=1S/C49H46B2N.C47H50B2N.C38H32B2N/c1-31-19-22-38(23-20-31)41-29-47(52(8)30-37(41)7)42-27-39(24-21-32(42)2)40-25-26-45-46(28-40)51(49-35(5)15-12-16-36(49)6)44-18-10-9-17-43(44)50(45)48-33(3)13-11-14-34(48)4;1-30-21-22-36(25-39(30)44-27-38(28-47(7,8)9)35(6)29-50(44)10)37-23-24-42-43(26-37)49(46-33(4)17-14-18-34(46)5)41-20-12-11-19-40(41)48(42)45-31(2)15-13-16-32(45)3;1-27-18-23-38(41(3)26-27)33-21-19-29(24-28(33)2)30-20-22-36-37(25-30)40(32-14-8-5-9-15-32)35-17-11-10-16-34(35)39(36)31-12-6-4-7-13-31/h9-30H,1-8H3;11-27,29H,28H2,1-10H3;4-26H,1-3H3/q3*+1/i3D3,5D3,7D3;2D3,4D3,6D3,28D2;1D3. The van der Waals surface area contributed by atoms with Crippen molar-refractivity contribution in [1.29, 1.82) is 0 Å². The van der Waals surface area contributed by atoms with Crippen LogP contribution in [0.25, 0.3) is 78.3 Å². The summed E-state index contributed by atoms with van der Waals surface area (Å²) in [5, 5.41) is 0. The third kappa shape index (κ3) is 18.6. The Labute approximate surface area is 885 Å². The van der Waals surface area contributed by atoms with Gasteiger partial charge in [0.25, 0.3) is 0 Å². The van der Waals surface area contributed by atoms with Crippen molar-refractivity contribution in [3.63, 3.8) is 0 Å². The molecule has 0 bridgehead atoms. The van der Waals surface area contributed by atoms with Gasteiger partial charge in [0, 0.05) is 83.1 Å². The van der Waals surface area contributed by atoms with Gasteiger partial charge in [0.15, 0.2) is 18.6 Å². The van der Waals surface area contributed by atoms with Crippen molar-refractivity contribution in [3.05, 3.63) is 472 Å². The first-order chi connectivity index (χ1) is 78.3. The van der Waals surface area contributed by atoms with Crippen molar-refractivity contribution in [1.82, 2.24) is 0 Å². The Hall–Kier alpha value is -14.6. The number of nitrogens with zero attached hydrogens (tertiary/aromatic N) is 3.